The number of sulfonamides is 1. The molecule has 18 heavy (non-hydrogen) atoms. The molecule has 0 bridgehead atoms. The van der Waals surface area contributed by atoms with Crippen molar-refractivity contribution in [1.82, 2.24) is 9.88 Å². The Labute approximate surface area is 107 Å². The molecule has 0 spiro atoms. The predicted octanol–water partition coefficient (Wildman–Crippen LogP) is 0.235. The summed E-state index contributed by atoms with van der Waals surface area (Å²) in [6, 6.07) is 3.54. The molecule has 1 aromatic heterocycles. The highest BCUT2D eigenvalue weighted by Crippen LogP contribution is 2.16. The number of hydrogen-bond acceptors (Lipinski definition) is 5. The van der Waals surface area contributed by atoms with E-state index < -0.39 is 10.0 Å². The number of aromatic nitrogens is 1. The van der Waals surface area contributed by atoms with Crippen LogP contribution in [0.2, 0.25) is 0 Å². The molecule has 0 unspecified atom stereocenters. The Kier molecular flexibility index (Phi) is 3.84. The molecule has 0 aliphatic carbocycles. The maximum atomic E-state index is 11.1. The van der Waals surface area contributed by atoms with Gasteiger partial charge < -0.3 is 10.2 Å². The maximum Gasteiger partial charge on any atom is 0.255 e. The van der Waals surface area contributed by atoms with Crippen LogP contribution in [0.5, 0.6) is 0 Å². The topological polar surface area (TPSA) is 88.3 Å². The summed E-state index contributed by atoms with van der Waals surface area (Å²) in [6.07, 6.45) is 3.67. The number of hydrogen-bond donors (Lipinski definition) is 2. The Hall–Kier alpha value is -1.18. The van der Waals surface area contributed by atoms with Crippen molar-refractivity contribution < 1.29 is 8.42 Å². The normalized spacial score (nSPS) is 18.8. The number of nitrogens with one attached hydrogen (secondary N) is 1. The first-order valence-corrected chi connectivity index (χ1v) is 7.44. The van der Waals surface area contributed by atoms with E-state index in [-0.39, 0.29) is 5.03 Å². The first-order valence-electron chi connectivity index (χ1n) is 5.89. The fourth-order valence-corrected chi connectivity index (χ4v) is 2.48. The summed E-state index contributed by atoms with van der Waals surface area (Å²) in [7, 11) is -1.60. The lowest BCUT2D eigenvalue weighted by atomic mass is 10.1. The van der Waals surface area contributed by atoms with Crippen LogP contribution < -0.4 is 10.5 Å². The maximum absolute atomic E-state index is 11.1. The number of primary sulfonamides is 1. The highest BCUT2D eigenvalue weighted by atomic mass is 32.2. The summed E-state index contributed by atoms with van der Waals surface area (Å²) in [4.78, 5) is 6.14. The molecular weight excluding hydrogens is 252 g/mol. The van der Waals surface area contributed by atoms with Crippen LogP contribution in [-0.4, -0.2) is 44.5 Å². The van der Waals surface area contributed by atoms with Crippen LogP contribution in [-0.2, 0) is 10.0 Å². The number of likely N-dealkylation sites (tertiary alicyclic amines) is 1. The Morgan fingerprint density at radius 1 is 1.39 bits per heavy atom. The van der Waals surface area contributed by atoms with Crippen LogP contribution in [0.25, 0.3) is 0 Å². The Morgan fingerprint density at radius 2 is 2.06 bits per heavy atom. The van der Waals surface area contributed by atoms with Crippen molar-refractivity contribution in [3.63, 3.8) is 0 Å². The highest BCUT2D eigenvalue weighted by molar-refractivity contribution is 7.89. The molecule has 3 N–H and O–H groups in total. The van der Waals surface area contributed by atoms with Crippen molar-refractivity contribution in [2.75, 3.05) is 25.5 Å². The molecule has 100 valence electrons. The largest absolute Gasteiger partial charge is 0.381 e. The molecule has 0 radical (unpaired) electrons. The number of anilines is 1. The molecule has 0 atom stereocenters. The zero-order valence-electron chi connectivity index (χ0n) is 10.3. The molecule has 7 heteroatoms. The molecule has 6 nitrogen and oxygen atoms in total. The average Bonchev–Trinajstić information content (AvgIpc) is 2.32. The molecule has 0 amide bonds. The van der Waals surface area contributed by atoms with Gasteiger partial charge in [-0.25, -0.2) is 18.5 Å². The van der Waals surface area contributed by atoms with E-state index in [1.807, 2.05) is 0 Å². The molecule has 2 heterocycles. The molecule has 1 saturated heterocycles. The van der Waals surface area contributed by atoms with Crippen molar-refractivity contribution >= 4 is 15.7 Å². The van der Waals surface area contributed by atoms with Crippen molar-refractivity contribution in [2.24, 2.45) is 5.14 Å². The van der Waals surface area contributed by atoms with Gasteiger partial charge in [0.1, 0.15) is 0 Å². The van der Waals surface area contributed by atoms with Gasteiger partial charge in [-0.2, -0.15) is 0 Å². The van der Waals surface area contributed by atoms with Crippen molar-refractivity contribution in [3.8, 4) is 0 Å². The third-order valence-electron chi connectivity index (χ3n) is 3.12. The number of pyridine rings is 1. The Bertz CT molecular complexity index is 492. The molecule has 0 saturated carbocycles. The predicted molar refractivity (Wildman–Crippen MR) is 69.8 cm³/mol. The van der Waals surface area contributed by atoms with Crippen LogP contribution >= 0.6 is 0 Å². The molecule has 2 rings (SSSR count). The smallest absolute Gasteiger partial charge is 0.255 e. The van der Waals surface area contributed by atoms with Crippen LogP contribution in [0.3, 0.4) is 0 Å². The molecule has 0 aromatic carbocycles. The van der Waals surface area contributed by atoms with E-state index in [1.165, 1.54) is 12.3 Å². The summed E-state index contributed by atoms with van der Waals surface area (Å²) < 4.78 is 22.1. The standard InChI is InChI=1S/C11H18N4O2S/c1-15-6-4-9(5-7-15)14-10-2-3-11(13-8-10)18(12,16)17/h2-3,8-9,14H,4-7H2,1H3,(H2,12,16,17). The van der Waals surface area contributed by atoms with E-state index in [0.29, 0.717) is 6.04 Å². The van der Waals surface area contributed by atoms with Crippen LogP contribution in [0.15, 0.2) is 23.4 Å². The van der Waals surface area contributed by atoms with E-state index in [0.717, 1.165) is 31.6 Å². The second kappa shape index (κ2) is 5.21. The van der Waals surface area contributed by atoms with E-state index in [4.69, 9.17) is 5.14 Å². The van der Waals surface area contributed by atoms with E-state index in [2.05, 4.69) is 22.2 Å². The van der Waals surface area contributed by atoms with Gasteiger partial charge in [-0.1, -0.05) is 0 Å². The first-order chi connectivity index (χ1) is 8.45. The fourth-order valence-electron chi connectivity index (χ4n) is 2.02. The summed E-state index contributed by atoms with van der Waals surface area (Å²) in [5, 5.41) is 8.24. The number of nitrogens with zero attached hydrogens (tertiary/aromatic N) is 2. The molecule has 1 aliphatic rings. The van der Waals surface area contributed by atoms with Crippen LogP contribution in [0.1, 0.15) is 12.8 Å². The SMILES string of the molecule is CN1CCC(Nc2ccc(S(N)(=O)=O)nc2)CC1. The zero-order valence-corrected chi connectivity index (χ0v) is 11.2. The van der Waals surface area contributed by atoms with E-state index >= 15 is 0 Å². The summed E-state index contributed by atoms with van der Waals surface area (Å²) in [5.41, 5.74) is 0.831. The summed E-state index contributed by atoms with van der Waals surface area (Å²) in [6.45, 7) is 2.14. The third kappa shape index (κ3) is 3.41. The molecule has 1 aliphatic heterocycles. The second-order valence-corrected chi connectivity index (χ2v) is 6.16. The van der Waals surface area contributed by atoms with Gasteiger partial charge >= 0.3 is 0 Å². The minimum atomic E-state index is -3.71. The number of piperidine rings is 1. The monoisotopic (exact) mass is 270 g/mol. The minimum absolute atomic E-state index is 0.101. The number of rotatable bonds is 3. The van der Waals surface area contributed by atoms with Gasteiger partial charge in [0.2, 0.25) is 0 Å². The quantitative estimate of drug-likeness (QED) is 0.821. The average molecular weight is 270 g/mol. The zero-order chi connectivity index (χ0) is 13.2. The Morgan fingerprint density at radius 3 is 2.56 bits per heavy atom. The summed E-state index contributed by atoms with van der Waals surface area (Å²) in [5.74, 6) is 0. The lowest BCUT2D eigenvalue weighted by Gasteiger charge is -2.30. The lowest BCUT2D eigenvalue weighted by Crippen LogP contribution is -2.36. The van der Waals surface area contributed by atoms with Gasteiger partial charge in [-0.05, 0) is 45.1 Å². The van der Waals surface area contributed by atoms with Crippen molar-refractivity contribution in [1.29, 1.82) is 0 Å². The minimum Gasteiger partial charge on any atom is -0.381 e. The van der Waals surface area contributed by atoms with Crippen LogP contribution in [0.4, 0.5) is 5.69 Å². The van der Waals surface area contributed by atoms with Gasteiger partial charge in [0, 0.05) is 6.04 Å². The third-order valence-corrected chi connectivity index (χ3v) is 3.94. The van der Waals surface area contributed by atoms with Crippen molar-refractivity contribution in [2.45, 2.75) is 23.9 Å². The highest BCUT2D eigenvalue weighted by Gasteiger charge is 2.16. The molecule has 1 aromatic rings. The lowest BCUT2D eigenvalue weighted by molar-refractivity contribution is 0.264. The molecule has 1 fully saturated rings. The fraction of sp³-hybridized carbons (Fsp3) is 0.545. The summed E-state index contributed by atoms with van der Waals surface area (Å²) >= 11 is 0. The second-order valence-electron chi connectivity index (χ2n) is 4.65. The molecular formula is C11H18N4O2S. The van der Waals surface area contributed by atoms with Gasteiger partial charge in [0.05, 0.1) is 11.9 Å². The van der Waals surface area contributed by atoms with Crippen LogP contribution in [0, 0.1) is 0 Å². The van der Waals surface area contributed by atoms with Gasteiger partial charge in [-0.3, -0.25) is 0 Å². The Balaban J connectivity index is 1.98. The van der Waals surface area contributed by atoms with E-state index in [9.17, 15) is 8.42 Å². The van der Waals surface area contributed by atoms with Crippen molar-refractivity contribution in [3.05, 3.63) is 18.3 Å². The van der Waals surface area contributed by atoms with Gasteiger partial charge in [-0.15, -0.1) is 0 Å². The number of nitrogens with two attached hydrogens (primary N) is 1. The van der Waals surface area contributed by atoms with Gasteiger partial charge in [0.25, 0.3) is 10.0 Å². The first kappa shape index (κ1) is 13.3. The van der Waals surface area contributed by atoms with Gasteiger partial charge in [0.15, 0.2) is 5.03 Å². The van der Waals surface area contributed by atoms with E-state index in [1.54, 1.807) is 6.07 Å².